The second kappa shape index (κ2) is 6.66. The molecule has 0 aliphatic carbocycles. The van der Waals surface area contributed by atoms with E-state index in [1.807, 2.05) is 20.1 Å². The number of aromatic amines is 1. The molecule has 0 saturated heterocycles. The molecule has 2 aromatic rings. The van der Waals surface area contributed by atoms with Crippen LogP contribution in [0.25, 0.3) is 16.2 Å². The summed E-state index contributed by atoms with van der Waals surface area (Å²) in [5.41, 5.74) is 1.81. The molecule has 0 atom stereocenters. The quantitative estimate of drug-likeness (QED) is 0.503. The van der Waals surface area contributed by atoms with Crippen molar-refractivity contribution in [1.29, 1.82) is 0 Å². The van der Waals surface area contributed by atoms with Gasteiger partial charge in [0.1, 0.15) is 0 Å². The third-order valence-corrected chi connectivity index (χ3v) is 2.37. The third-order valence-electron chi connectivity index (χ3n) is 1.81. The summed E-state index contributed by atoms with van der Waals surface area (Å²) < 4.78 is 0. The first-order chi connectivity index (χ1) is 8.35. The summed E-state index contributed by atoms with van der Waals surface area (Å²) in [4.78, 5) is 11.7. The summed E-state index contributed by atoms with van der Waals surface area (Å²) in [6, 6.07) is 1.75. The minimum absolute atomic E-state index is 0.473. The Kier molecular flexibility index (Phi) is 5.17. The second-order valence-corrected chi connectivity index (χ2v) is 3.44. The molecule has 17 heavy (non-hydrogen) atoms. The van der Waals surface area contributed by atoms with Crippen LogP contribution in [0.2, 0.25) is 0 Å². The number of nitrogens with one attached hydrogen (secondary N) is 1. The SMILES string of the molecule is CC.[C-]#[N+]c1cn[nH]c1-c1ccnc(SC)n1. The van der Waals surface area contributed by atoms with Crippen molar-refractivity contribution in [3.8, 4) is 11.4 Å². The molecule has 1 N–H and O–H groups in total. The molecule has 2 heterocycles. The number of thioether (sulfide) groups is 1. The van der Waals surface area contributed by atoms with Crippen molar-refractivity contribution in [2.75, 3.05) is 6.26 Å². The van der Waals surface area contributed by atoms with Crippen LogP contribution >= 0.6 is 11.8 Å². The Morgan fingerprint density at radius 3 is 2.82 bits per heavy atom. The van der Waals surface area contributed by atoms with Crippen LogP contribution in [-0.2, 0) is 0 Å². The van der Waals surface area contributed by atoms with Crippen molar-refractivity contribution in [3.63, 3.8) is 0 Å². The Hall–Kier alpha value is -1.87. The van der Waals surface area contributed by atoms with Crippen molar-refractivity contribution in [2.45, 2.75) is 19.0 Å². The van der Waals surface area contributed by atoms with Crippen LogP contribution in [0.4, 0.5) is 5.69 Å². The summed E-state index contributed by atoms with van der Waals surface area (Å²) >= 11 is 1.46. The highest BCUT2D eigenvalue weighted by Crippen LogP contribution is 2.26. The Morgan fingerprint density at radius 2 is 2.18 bits per heavy atom. The van der Waals surface area contributed by atoms with E-state index < -0.39 is 0 Å². The van der Waals surface area contributed by atoms with Crippen LogP contribution < -0.4 is 0 Å². The van der Waals surface area contributed by atoms with Gasteiger partial charge in [0.15, 0.2) is 5.16 Å². The lowest BCUT2D eigenvalue weighted by molar-refractivity contribution is 0.966. The van der Waals surface area contributed by atoms with Crippen molar-refractivity contribution in [1.82, 2.24) is 20.2 Å². The maximum Gasteiger partial charge on any atom is 0.233 e. The van der Waals surface area contributed by atoms with Gasteiger partial charge in [0.05, 0.1) is 24.2 Å². The number of rotatable bonds is 2. The smallest absolute Gasteiger partial charge is 0.233 e. The standard InChI is InChI=1S/C9H7N5S.C2H6/c1-10-7-5-12-14-8(7)6-3-4-11-9(13-6)15-2;1-2/h3-5H,2H3,(H,12,14);1-2H3. The lowest BCUT2D eigenvalue weighted by atomic mass is 10.3. The Morgan fingerprint density at radius 1 is 1.41 bits per heavy atom. The highest BCUT2D eigenvalue weighted by atomic mass is 32.2. The number of aromatic nitrogens is 4. The fraction of sp³-hybridized carbons (Fsp3) is 0.273. The molecule has 0 amide bonds. The summed E-state index contributed by atoms with van der Waals surface area (Å²) in [6.45, 7) is 11.0. The molecule has 2 aromatic heterocycles. The lowest BCUT2D eigenvalue weighted by Crippen LogP contribution is -1.89. The van der Waals surface area contributed by atoms with Gasteiger partial charge in [-0.05, 0) is 12.3 Å². The molecule has 0 unspecified atom stereocenters. The summed E-state index contributed by atoms with van der Waals surface area (Å²) in [5, 5.41) is 7.26. The van der Waals surface area contributed by atoms with Crippen molar-refractivity contribution in [3.05, 3.63) is 29.9 Å². The van der Waals surface area contributed by atoms with E-state index in [-0.39, 0.29) is 0 Å². The van der Waals surface area contributed by atoms with Crippen molar-refractivity contribution in [2.24, 2.45) is 0 Å². The maximum atomic E-state index is 6.97. The molecule has 2 rings (SSSR count). The van der Waals surface area contributed by atoms with Gasteiger partial charge in [0, 0.05) is 6.20 Å². The molecular formula is C11H13N5S. The van der Waals surface area contributed by atoms with Gasteiger partial charge in [0.2, 0.25) is 5.69 Å². The van der Waals surface area contributed by atoms with Gasteiger partial charge in [-0.15, -0.1) is 0 Å². The van der Waals surface area contributed by atoms with Gasteiger partial charge < -0.3 is 0 Å². The molecule has 0 spiro atoms. The Balaban J connectivity index is 0.000000686. The number of hydrogen-bond acceptors (Lipinski definition) is 4. The average Bonchev–Trinajstić information content (AvgIpc) is 2.89. The first kappa shape index (κ1) is 13.2. The molecule has 0 bridgehead atoms. The number of nitrogens with zero attached hydrogens (tertiary/aromatic N) is 4. The van der Waals surface area contributed by atoms with Crippen LogP contribution in [-0.4, -0.2) is 26.4 Å². The Bertz CT molecular complexity index is 515. The zero-order chi connectivity index (χ0) is 12.7. The second-order valence-electron chi connectivity index (χ2n) is 2.67. The fourth-order valence-electron chi connectivity index (χ4n) is 1.13. The normalized spacial score (nSPS) is 9.06. The van der Waals surface area contributed by atoms with Crippen LogP contribution in [0.1, 0.15) is 13.8 Å². The summed E-state index contributed by atoms with van der Waals surface area (Å²) in [6.07, 6.45) is 5.06. The largest absolute Gasteiger partial charge is 0.288 e. The molecule has 0 radical (unpaired) electrons. The van der Waals surface area contributed by atoms with E-state index in [2.05, 4.69) is 25.0 Å². The van der Waals surface area contributed by atoms with Gasteiger partial charge in [-0.3, -0.25) is 5.10 Å². The Labute approximate surface area is 105 Å². The van der Waals surface area contributed by atoms with Gasteiger partial charge in [-0.1, -0.05) is 25.6 Å². The number of hydrogen-bond donors (Lipinski definition) is 1. The topological polar surface area (TPSA) is 58.8 Å². The van der Waals surface area contributed by atoms with E-state index in [1.165, 1.54) is 18.0 Å². The van der Waals surface area contributed by atoms with E-state index >= 15 is 0 Å². The molecule has 0 saturated carbocycles. The maximum absolute atomic E-state index is 6.97. The highest BCUT2D eigenvalue weighted by Gasteiger charge is 2.09. The average molecular weight is 247 g/mol. The predicted octanol–water partition coefficient (Wildman–Crippen LogP) is 3.17. The van der Waals surface area contributed by atoms with Crippen LogP contribution in [0, 0.1) is 6.57 Å². The molecular weight excluding hydrogens is 234 g/mol. The van der Waals surface area contributed by atoms with Gasteiger partial charge in [0.25, 0.3) is 0 Å². The van der Waals surface area contributed by atoms with Gasteiger partial charge in [-0.2, -0.15) is 5.10 Å². The zero-order valence-corrected chi connectivity index (χ0v) is 10.7. The highest BCUT2D eigenvalue weighted by molar-refractivity contribution is 7.98. The van der Waals surface area contributed by atoms with E-state index in [0.717, 1.165) is 0 Å². The lowest BCUT2D eigenvalue weighted by Gasteiger charge is -1.99. The molecule has 0 aliphatic heterocycles. The monoisotopic (exact) mass is 247 g/mol. The van der Waals surface area contributed by atoms with Crippen LogP contribution in [0.5, 0.6) is 0 Å². The van der Waals surface area contributed by atoms with E-state index in [0.29, 0.717) is 22.2 Å². The van der Waals surface area contributed by atoms with E-state index in [4.69, 9.17) is 6.57 Å². The molecule has 0 aliphatic rings. The number of H-pyrrole nitrogens is 1. The van der Waals surface area contributed by atoms with Crippen LogP contribution in [0.15, 0.2) is 23.6 Å². The molecule has 5 nitrogen and oxygen atoms in total. The molecule has 0 fully saturated rings. The van der Waals surface area contributed by atoms with E-state index in [1.54, 1.807) is 12.3 Å². The third kappa shape index (κ3) is 3.04. The van der Waals surface area contributed by atoms with Gasteiger partial charge in [-0.25, -0.2) is 14.8 Å². The van der Waals surface area contributed by atoms with Crippen LogP contribution in [0.3, 0.4) is 0 Å². The molecule has 0 aromatic carbocycles. The summed E-state index contributed by atoms with van der Waals surface area (Å²) in [5.74, 6) is 0. The molecule has 88 valence electrons. The van der Waals surface area contributed by atoms with Crippen molar-refractivity contribution >= 4 is 17.4 Å². The first-order valence-electron chi connectivity index (χ1n) is 5.13. The summed E-state index contributed by atoms with van der Waals surface area (Å²) in [7, 11) is 0. The minimum Gasteiger partial charge on any atom is -0.288 e. The zero-order valence-electron chi connectivity index (χ0n) is 9.93. The fourth-order valence-corrected chi connectivity index (χ4v) is 1.49. The van der Waals surface area contributed by atoms with Gasteiger partial charge >= 0.3 is 0 Å². The minimum atomic E-state index is 0.473. The molecule has 6 heteroatoms. The first-order valence-corrected chi connectivity index (χ1v) is 6.36. The predicted molar refractivity (Wildman–Crippen MR) is 69.0 cm³/mol. The van der Waals surface area contributed by atoms with Crippen molar-refractivity contribution < 1.29 is 0 Å². The van der Waals surface area contributed by atoms with E-state index in [9.17, 15) is 0 Å².